The number of rotatable bonds is 20. The molecule has 0 atom stereocenters. The maximum Gasteiger partial charge on any atom is 0.269 e. The van der Waals surface area contributed by atoms with Crippen LogP contribution in [0.1, 0.15) is 76.3 Å². The largest absolute Gasteiger partial charge is 0.302 e. The van der Waals surface area contributed by atoms with Crippen LogP contribution in [-0.4, -0.2) is 18.6 Å². The summed E-state index contributed by atoms with van der Waals surface area (Å²) in [5.41, 5.74) is 9.91. The molecule has 3 heterocycles. The zero-order chi connectivity index (χ0) is 43.7. The molecule has 0 bridgehead atoms. The van der Waals surface area contributed by atoms with Gasteiger partial charge in [-0.15, -0.1) is 22.7 Å². The Hall–Kier alpha value is -6.28. The highest BCUT2D eigenvalue weighted by Gasteiger charge is 2.25. The molecule has 0 aliphatic heterocycles. The summed E-state index contributed by atoms with van der Waals surface area (Å²) < 4.78 is 9.89. The molecule has 10 nitrogen and oxygen atoms in total. The van der Waals surface area contributed by atoms with Gasteiger partial charge in [-0.1, -0.05) is 101 Å². The molecule has 0 saturated heterocycles. The van der Waals surface area contributed by atoms with Gasteiger partial charge in [0.05, 0.1) is 21.6 Å². The fourth-order valence-corrected chi connectivity index (χ4v) is 11.1. The highest BCUT2D eigenvalue weighted by atomic mass is 32.1. The maximum atomic E-state index is 11.6. The van der Waals surface area contributed by atoms with Crippen molar-refractivity contribution in [2.45, 2.75) is 78.1 Å². The van der Waals surface area contributed by atoms with E-state index in [1.54, 1.807) is 46.9 Å². The number of hydrogen-bond acceptors (Lipinski definition) is 11. The predicted molar refractivity (Wildman–Crippen MR) is 262 cm³/mol. The monoisotopic (exact) mass is 892 g/mol. The highest BCUT2D eigenvalue weighted by molar-refractivity contribution is 7.20. The molecule has 13 heteroatoms. The number of aryl methyl sites for hydroxylation is 2. The van der Waals surface area contributed by atoms with Crippen LogP contribution in [0.2, 0.25) is 0 Å². The first-order valence-electron chi connectivity index (χ1n) is 21.5. The van der Waals surface area contributed by atoms with Crippen LogP contribution in [0.3, 0.4) is 0 Å². The lowest BCUT2D eigenvalue weighted by Crippen LogP contribution is -2.10. The number of para-hydroxylation sites is 2. The van der Waals surface area contributed by atoms with Crippen LogP contribution in [0.5, 0.6) is 0 Å². The van der Waals surface area contributed by atoms with Crippen LogP contribution in [0, 0.1) is 20.2 Å². The molecule has 0 radical (unpaired) electrons. The average Bonchev–Trinajstić information content (AvgIpc) is 4.08. The Labute approximate surface area is 379 Å². The average molecular weight is 893 g/mol. The van der Waals surface area contributed by atoms with E-state index in [2.05, 4.69) is 72.2 Å². The van der Waals surface area contributed by atoms with Crippen LogP contribution >= 0.6 is 34.4 Å². The van der Waals surface area contributed by atoms with Gasteiger partial charge in [-0.3, -0.25) is 20.2 Å². The summed E-state index contributed by atoms with van der Waals surface area (Å²) in [5, 5.41) is 25.4. The molecule has 0 N–H and O–H groups in total. The van der Waals surface area contributed by atoms with Gasteiger partial charge in [0.25, 0.3) is 11.4 Å². The minimum atomic E-state index is -0.362. The molecule has 8 rings (SSSR count). The third-order valence-electron chi connectivity index (χ3n) is 11.2. The zero-order valence-corrected chi connectivity index (χ0v) is 37.8. The maximum absolute atomic E-state index is 11.6. The van der Waals surface area contributed by atoms with E-state index in [0.717, 1.165) is 116 Å². The van der Waals surface area contributed by atoms with Gasteiger partial charge in [-0.05, 0) is 97.5 Å². The van der Waals surface area contributed by atoms with Crippen LogP contribution in [-0.2, 0) is 12.8 Å². The molecule has 0 aliphatic rings. The standard InChI is InChI=1S/C50H48N6O4S3/c1-3-5-7-11-17-35-33-45(61-49(35)53(37-19-13-9-14-20-37)39-23-27-41(28-24-39)55(57)58)43-31-32-44(48-47(43)51-63-52-48)46-34-36(18-12-8-6-4-2)50(62-46)54(38-21-15-10-16-22-38)40-25-29-42(30-26-40)56(59)60/h9-10,13-16,19-34H,3-8,11-12,17-18H2,1-2H3. The van der Waals surface area contributed by atoms with Gasteiger partial charge in [0, 0.05) is 67.9 Å². The quantitative estimate of drug-likeness (QED) is 0.0422. The Kier molecular flexibility index (Phi) is 14.0. The lowest BCUT2D eigenvalue weighted by Gasteiger charge is -2.25. The lowest BCUT2D eigenvalue weighted by atomic mass is 10.0. The zero-order valence-electron chi connectivity index (χ0n) is 35.3. The van der Waals surface area contributed by atoms with Gasteiger partial charge in [0.2, 0.25) is 0 Å². The predicted octanol–water partition coefficient (Wildman–Crippen LogP) is 16.1. The summed E-state index contributed by atoms with van der Waals surface area (Å²) in [6.07, 6.45) is 10.8. The second-order valence-corrected chi connectivity index (χ2v) is 18.1. The molecular formula is C50H48N6O4S3. The van der Waals surface area contributed by atoms with Crippen molar-refractivity contribution in [2.75, 3.05) is 9.80 Å². The van der Waals surface area contributed by atoms with Gasteiger partial charge in [0.1, 0.15) is 21.0 Å². The minimum Gasteiger partial charge on any atom is -0.302 e. The number of non-ortho nitro benzene ring substituents is 2. The summed E-state index contributed by atoms with van der Waals surface area (Å²) in [7, 11) is 0. The minimum absolute atomic E-state index is 0.0533. The molecule has 0 unspecified atom stereocenters. The van der Waals surface area contributed by atoms with Crippen molar-refractivity contribution in [3.8, 4) is 20.9 Å². The molecule has 0 spiro atoms. The summed E-state index contributed by atoms with van der Waals surface area (Å²) in [5.74, 6) is 0. The van der Waals surface area contributed by atoms with Crippen molar-refractivity contribution in [1.29, 1.82) is 0 Å². The van der Waals surface area contributed by atoms with Crippen molar-refractivity contribution < 1.29 is 9.85 Å². The van der Waals surface area contributed by atoms with Crippen LogP contribution < -0.4 is 9.80 Å². The summed E-state index contributed by atoms with van der Waals surface area (Å²) in [6, 6.07) is 42.9. The number of anilines is 6. The molecule has 3 aromatic heterocycles. The Morgan fingerprint density at radius 2 is 0.873 bits per heavy atom. The van der Waals surface area contributed by atoms with Crippen molar-refractivity contribution in [2.24, 2.45) is 0 Å². The van der Waals surface area contributed by atoms with Crippen LogP contribution in [0.15, 0.2) is 133 Å². The van der Waals surface area contributed by atoms with E-state index >= 15 is 0 Å². The number of nitro groups is 2. The molecule has 63 heavy (non-hydrogen) atoms. The number of unbranched alkanes of at least 4 members (excludes halogenated alkanes) is 6. The number of fused-ring (bicyclic) bond motifs is 1. The Morgan fingerprint density at radius 1 is 0.492 bits per heavy atom. The number of hydrogen-bond donors (Lipinski definition) is 0. The first kappa shape index (κ1) is 43.4. The van der Waals surface area contributed by atoms with E-state index in [4.69, 9.17) is 8.75 Å². The summed E-state index contributed by atoms with van der Waals surface area (Å²) >= 11 is 4.63. The molecule has 8 aromatic rings. The number of thiophene rings is 2. The van der Waals surface area contributed by atoms with Crippen molar-refractivity contribution in [1.82, 2.24) is 8.75 Å². The Balaban J connectivity index is 1.23. The van der Waals surface area contributed by atoms with E-state index in [9.17, 15) is 20.2 Å². The third-order valence-corrected chi connectivity index (χ3v) is 14.1. The number of benzene rings is 5. The van der Waals surface area contributed by atoms with Crippen LogP contribution in [0.4, 0.5) is 44.1 Å². The van der Waals surface area contributed by atoms with E-state index in [-0.39, 0.29) is 21.2 Å². The second-order valence-electron chi connectivity index (χ2n) is 15.5. The Morgan fingerprint density at radius 3 is 1.24 bits per heavy atom. The molecule has 320 valence electrons. The van der Waals surface area contributed by atoms with Crippen molar-refractivity contribution in [3.05, 3.63) is 165 Å². The SMILES string of the molecule is CCCCCCc1cc(-c2ccc(-c3cc(CCCCCC)c(N(c4ccccc4)c4ccc([N+](=O)[O-])cc4)s3)c3nsnc23)sc1N(c1ccccc1)c1ccc([N+](=O)[O-])cc1. The van der Waals surface area contributed by atoms with Gasteiger partial charge < -0.3 is 9.80 Å². The van der Waals surface area contributed by atoms with Gasteiger partial charge in [-0.2, -0.15) is 8.75 Å². The van der Waals surface area contributed by atoms with Crippen molar-refractivity contribution in [3.63, 3.8) is 0 Å². The normalized spacial score (nSPS) is 11.3. The molecule has 5 aromatic carbocycles. The Bertz CT molecular complexity index is 2600. The highest BCUT2D eigenvalue weighted by Crippen LogP contribution is 2.50. The summed E-state index contributed by atoms with van der Waals surface area (Å²) in [4.78, 5) is 29.1. The van der Waals surface area contributed by atoms with Gasteiger partial charge >= 0.3 is 0 Å². The topological polar surface area (TPSA) is 119 Å². The number of nitro benzene ring substituents is 2. The van der Waals surface area contributed by atoms with E-state index in [1.165, 1.54) is 35.7 Å². The molecule has 0 fully saturated rings. The number of nitrogens with zero attached hydrogens (tertiary/aromatic N) is 6. The van der Waals surface area contributed by atoms with Gasteiger partial charge in [0.15, 0.2) is 0 Å². The van der Waals surface area contributed by atoms with E-state index in [0.29, 0.717) is 0 Å². The fourth-order valence-electron chi connectivity index (χ4n) is 7.96. The van der Waals surface area contributed by atoms with Gasteiger partial charge in [-0.25, -0.2) is 0 Å². The smallest absolute Gasteiger partial charge is 0.269 e. The van der Waals surface area contributed by atoms with Crippen LogP contribution in [0.25, 0.3) is 31.9 Å². The fraction of sp³-hybridized carbons (Fsp3) is 0.240. The second kappa shape index (κ2) is 20.3. The molecular weight excluding hydrogens is 845 g/mol. The van der Waals surface area contributed by atoms with E-state index < -0.39 is 0 Å². The summed E-state index contributed by atoms with van der Waals surface area (Å²) in [6.45, 7) is 4.45. The first-order chi connectivity index (χ1) is 30.8. The van der Waals surface area contributed by atoms with E-state index in [1.807, 2.05) is 60.7 Å². The first-order valence-corrected chi connectivity index (χ1v) is 23.9. The lowest BCUT2D eigenvalue weighted by molar-refractivity contribution is -0.385. The van der Waals surface area contributed by atoms with Crippen molar-refractivity contribution >= 4 is 89.6 Å². The molecule has 0 aliphatic carbocycles. The third kappa shape index (κ3) is 9.70. The molecule has 0 saturated carbocycles. The molecule has 0 amide bonds. The number of aromatic nitrogens is 2.